The van der Waals surface area contributed by atoms with E-state index < -0.39 is 5.97 Å². The molecule has 0 saturated carbocycles. The fourth-order valence-electron chi connectivity index (χ4n) is 0.780. The van der Waals surface area contributed by atoms with E-state index in [4.69, 9.17) is 10.4 Å². The summed E-state index contributed by atoms with van der Waals surface area (Å²) in [7, 11) is 0. The van der Waals surface area contributed by atoms with Gasteiger partial charge in [0.25, 0.3) is 0 Å². The lowest BCUT2D eigenvalue weighted by Crippen LogP contribution is -1.93. The minimum atomic E-state index is -0.840. The van der Waals surface area contributed by atoms with Gasteiger partial charge in [0.15, 0.2) is 0 Å². The molecule has 2 N–H and O–H groups in total. The fraction of sp³-hybridized carbons (Fsp3) is 0. The molecule has 0 atom stereocenters. The summed E-state index contributed by atoms with van der Waals surface area (Å²) in [5.74, 6) is -0.685. The van der Waals surface area contributed by atoms with Crippen molar-refractivity contribution in [3.05, 3.63) is 35.9 Å². The lowest BCUT2D eigenvalue weighted by molar-refractivity contribution is -0.227. The molecule has 4 heteroatoms. The number of hydrogen-bond acceptors (Lipinski definition) is 4. The second kappa shape index (κ2) is 4.27. The molecule has 0 aromatic heterocycles. The van der Waals surface area contributed by atoms with Gasteiger partial charge >= 0.3 is 5.97 Å². The summed E-state index contributed by atoms with van der Waals surface area (Å²) in [4.78, 5) is 13.9. The molecule has 1 aromatic rings. The Morgan fingerprint density at radius 1 is 1.31 bits per heavy atom. The van der Waals surface area contributed by atoms with Gasteiger partial charge in [-0.1, -0.05) is 12.1 Å². The molecule has 0 aliphatic heterocycles. The molecular weight excluding hydrogens is 172 g/mol. The highest BCUT2D eigenvalue weighted by Crippen LogP contribution is 2.10. The second-order valence-electron chi connectivity index (χ2n) is 2.34. The molecule has 0 radical (unpaired) electrons. The molecular formula is C9H8O4. The van der Waals surface area contributed by atoms with E-state index in [0.717, 1.165) is 11.6 Å². The molecule has 0 aliphatic carbocycles. The summed E-state index contributed by atoms with van der Waals surface area (Å²) in [5, 5.41) is 16.8. The first-order valence-corrected chi connectivity index (χ1v) is 3.55. The number of hydrogen-bond donors (Lipinski definition) is 2. The maximum absolute atomic E-state index is 10.4. The van der Waals surface area contributed by atoms with Gasteiger partial charge in [-0.25, -0.2) is 4.79 Å². The van der Waals surface area contributed by atoms with Crippen LogP contribution in [0.15, 0.2) is 30.3 Å². The Bertz CT molecular complexity index is 313. The lowest BCUT2D eigenvalue weighted by atomic mass is 10.2. The Hall–Kier alpha value is -1.81. The molecule has 0 bridgehead atoms. The van der Waals surface area contributed by atoms with Gasteiger partial charge in [-0.2, -0.15) is 5.26 Å². The van der Waals surface area contributed by atoms with Gasteiger partial charge in [-0.05, 0) is 23.8 Å². The predicted octanol–water partition coefficient (Wildman–Crippen LogP) is 1.42. The van der Waals surface area contributed by atoms with E-state index in [1.165, 1.54) is 18.2 Å². The summed E-state index contributed by atoms with van der Waals surface area (Å²) in [5.41, 5.74) is 0.725. The van der Waals surface area contributed by atoms with Gasteiger partial charge in [-0.15, -0.1) is 0 Å². The average molecular weight is 180 g/mol. The minimum Gasteiger partial charge on any atom is -0.508 e. The summed E-state index contributed by atoms with van der Waals surface area (Å²) in [6.45, 7) is 0. The van der Waals surface area contributed by atoms with Crippen molar-refractivity contribution < 1.29 is 20.0 Å². The van der Waals surface area contributed by atoms with Crippen molar-refractivity contribution in [2.24, 2.45) is 0 Å². The van der Waals surface area contributed by atoms with E-state index in [2.05, 4.69) is 4.89 Å². The minimum absolute atomic E-state index is 0.155. The van der Waals surface area contributed by atoms with Crippen LogP contribution in [0.25, 0.3) is 6.08 Å². The van der Waals surface area contributed by atoms with Gasteiger partial charge in [-0.3, -0.25) is 4.89 Å². The Kier molecular flexibility index (Phi) is 3.05. The van der Waals surface area contributed by atoms with E-state index in [9.17, 15) is 4.79 Å². The third-order valence-corrected chi connectivity index (χ3v) is 1.39. The summed E-state index contributed by atoms with van der Waals surface area (Å²) in [6, 6.07) is 6.22. The molecule has 0 saturated heterocycles. The fourth-order valence-corrected chi connectivity index (χ4v) is 0.780. The van der Waals surface area contributed by atoms with Crippen LogP contribution in [0.5, 0.6) is 5.75 Å². The highest BCUT2D eigenvalue weighted by molar-refractivity contribution is 5.86. The van der Waals surface area contributed by atoms with Crippen LogP contribution in [0.1, 0.15) is 5.56 Å². The zero-order chi connectivity index (χ0) is 9.68. The van der Waals surface area contributed by atoms with E-state index in [0.29, 0.717) is 0 Å². The van der Waals surface area contributed by atoms with Crippen molar-refractivity contribution in [2.45, 2.75) is 0 Å². The molecule has 68 valence electrons. The second-order valence-corrected chi connectivity index (χ2v) is 2.34. The average Bonchev–Trinajstić information content (AvgIpc) is 2.16. The SMILES string of the molecule is O=C(/C=C/c1ccc(O)cc1)OO. The van der Waals surface area contributed by atoms with E-state index >= 15 is 0 Å². The first-order chi connectivity index (χ1) is 6.22. The number of rotatable bonds is 2. The molecule has 0 amide bonds. The van der Waals surface area contributed by atoms with Crippen LogP contribution in [0.3, 0.4) is 0 Å². The molecule has 0 fully saturated rings. The third-order valence-electron chi connectivity index (χ3n) is 1.39. The Balaban J connectivity index is 2.69. The van der Waals surface area contributed by atoms with Gasteiger partial charge in [0.05, 0.1) is 0 Å². The molecule has 0 aliphatic rings. The van der Waals surface area contributed by atoms with E-state index in [-0.39, 0.29) is 5.75 Å². The summed E-state index contributed by atoms with van der Waals surface area (Å²) >= 11 is 0. The van der Waals surface area contributed by atoms with E-state index in [1.807, 2.05) is 0 Å². The summed E-state index contributed by atoms with van der Waals surface area (Å²) < 4.78 is 0. The van der Waals surface area contributed by atoms with Crippen LogP contribution < -0.4 is 0 Å². The number of carbonyl (C=O) groups is 1. The zero-order valence-electron chi connectivity index (χ0n) is 6.68. The topological polar surface area (TPSA) is 66.8 Å². The number of phenolic OH excluding ortho intramolecular Hbond substituents is 1. The standard InChI is InChI=1S/C9H8O4/c10-8-4-1-7(2-5-8)3-6-9(11)13-12/h1-6,10,12H/b6-3+. The maximum Gasteiger partial charge on any atom is 0.365 e. The first kappa shape index (κ1) is 9.28. The van der Waals surface area contributed by atoms with Crippen LogP contribution in [-0.2, 0) is 9.68 Å². The summed E-state index contributed by atoms with van der Waals surface area (Å²) in [6.07, 6.45) is 2.53. The van der Waals surface area contributed by atoms with Gasteiger partial charge in [0.2, 0.25) is 0 Å². The Morgan fingerprint density at radius 3 is 2.46 bits per heavy atom. The van der Waals surface area contributed by atoms with Crippen molar-refractivity contribution in [3.63, 3.8) is 0 Å². The van der Waals surface area contributed by atoms with Gasteiger partial charge < -0.3 is 5.11 Å². The highest BCUT2D eigenvalue weighted by Gasteiger charge is 1.93. The van der Waals surface area contributed by atoms with Crippen LogP contribution in [0.2, 0.25) is 0 Å². The molecule has 0 spiro atoms. The van der Waals surface area contributed by atoms with Crippen LogP contribution in [0, 0.1) is 0 Å². The van der Waals surface area contributed by atoms with Gasteiger partial charge in [0, 0.05) is 6.08 Å². The molecule has 0 unspecified atom stereocenters. The molecule has 1 rings (SSSR count). The first-order valence-electron chi connectivity index (χ1n) is 3.55. The normalized spacial score (nSPS) is 10.2. The monoisotopic (exact) mass is 180 g/mol. The molecule has 1 aromatic carbocycles. The van der Waals surface area contributed by atoms with Crippen molar-refractivity contribution in [2.75, 3.05) is 0 Å². The smallest absolute Gasteiger partial charge is 0.365 e. The molecule has 13 heavy (non-hydrogen) atoms. The number of phenols is 1. The third kappa shape index (κ3) is 2.96. The van der Waals surface area contributed by atoms with Crippen LogP contribution >= 0.6 is 0 Å². The Labute approximate surface area is 74.6 Å². The van der Waals surface area contributed by atoms with Crippen molar-refractivity contribution >= 4 is 12.0 Å². The van der Waals surface area contributed by atoms with Gasteiger partial charge in [0.1, 0.15) is 5.75 Å². The zero-order valence-corrected chi connectivity index (χ0v) is 6.68. The van der Waals surface area contributed by atoms with Crippen molar-refractivity contribution in [1.29, 1.82) is 0 Å². The van der Waals surface area contributed by atoms with Crippen molar-refractivity contribution in [3.8, 4) is 5.75 Å². The maximum atomic E-state index is 10.4. The van der Waals surface area contributed by atoms with E-state index in [1.54, 1.807) is 12.1 Å². The van der Waals surface area contributed by atoms with Crippen LogP contribution in [-0.4, -0.2) is 16.3 Å². The molecule has 0 heterocycles. The number of aromatic hydroxyl groups is 1. The number of benzene rings is 1. The van der Waals surface area contributed by atoms with Crippen molar-refractivity contribution in [1.82, 2.24) is 0 Å². The quantitative estimate of drug-likeness (QED) is 0.410. The number of carbonyl (C=O) groups excluding carboxylic acids is 1. The Morgan fingerprint density at radius 2 is 1.92 bits per heavy atom. The highest BCUT2D eigenvalue weighted by atomic mass is 17.1. The van der Waals surface area contributed by atoms with Crippen LogP contribution in [0.4, 0.5) is 0 Å². The largest absolute Gasteiger partial charge is 0.508 e. The lowest BCUT2D eigenvalue weighted by Gasteiger charge is -1.92. The molecule has 4 nitrogen and oxygen atoms in total. The predicted molar refractivity (Wildman–Crippen MR) is 45.9 cm³/mol.